The normalized spacial score (nSPS) is 28.2. The summed E-state index contributed by atoms with van der Waals surface area (Å²) in [5.74, 6) is 2.26. The number of hydrogen-bond acceptors (Lipinski definition) is 5. The van der Waals surface area contributed by atoms with Gasteiger partial charge in [0.2, 0.25) is 5.13 Å². The molecular formula is C24H26ClN5OS. The SMILES string of the molecule is Cc1nn(Cc2ccccc2)c(Cl)c1C(=O)Nc1nnc(C23CC4CC(CC(C4)C2)C3)s1. The summed E-state index contributed by atoms with van der Waals surface area (Å²) in [4.78, 5) is 13.1. The van der Waals surface area contributed by atoms with E-state index < -0.39 is 0 Å². The average molecular weight is 468 g/mol. The van der Waals surface area contributed by atoms with E-state index in [0.29, 0.717) is 28.1 Å². The van der Waals surface area contributed by atoms with Gasteiger partial charge >= 0.3 is 0 Å². The van der Waals surface area contributed by atoms with Crippen LogP contribution in [0.1, 0.15) is 65.1 Å². The van der Waals surface area contributed by atoms with Crippen molar-refractivity contribution in [3.8, 4) is 0 Å². The van der Waals surface area contributed by atoms with Gasteiger partial charge < -0.3 is 0 Å². The largest absolute Gasteiger partial charge is 0.296 e. The molecule has 2 aromatic heterocycles. The van der Waals surface area contributed by atoms with Crippen molar-refractivity contribution in [2.75, 3.05) is 5.32 Å². The zero-order valence-electron chi connectivity index (χ0n) is 18.1. The molecular weight excluding hydrogens is 442 g/mol. The molecule has 0 radical (unpaired) electrons. The van der Waals surface area contributed by atoms with Crippen LogP contribution >= 0.6 is 22.9 Å². The first-order valence-electron chi connectivity index (χ1n) is 11.4. The van der Waals surface area contributed by atoms with Crippen molar-refractivity contribution in [2.45, 2.75) is 57.4 Å². The Bertz CT molecular complexity index is 1140. The van der Waals surface area contributed by atoms with E-state index in [1.807, 2.05) is 37.3 Å². The van der Waals surface area contributed by atoms with Crippen LogP contribution in [0.15, 0.2) is 30.3 Å². The number of nitrogens with one attached hydrogen (secondary N) is 1. The van der Waals surface area contributed by atoms with E-state index in [0.717, 1.165) is 28.3 Å². The Morgan fingerprint density at radius 3 is 2.44 bits per heavy atom. The first-order chi connectivity index (χ1) is 15.5. The van der Waals surface area contributed by atoms with Crippen LogP contribution in [0.5, 0.6) is 0 Å². The van der Waals surface area contributed by atoms with Gasteiger partial charge in [0, 0.05) is 5.41 Å². The molecule has 4 fully saturated rings. The summed E-state index contributed by atoms with van der Waals surface area (Å²) < 4.78 is 1.67. The highest BCUT2D eigenvalue weighted by Crippen LogP contribution is 2.61. The summed E-state index contributed by atoms with van der Waals surface area (Å²) >= 11 is 8.10. The third-order valence-corrected chi connectivity index (χ3v) is 9.07. The topological polar surface area (TPSA) is 72.7 Å². The lowest BCUT2D eigenvalue weighted by Crippen LogP contribution is -2.48. The molecule has 7 rings (SSSR count). The van der Waals surface area contributed by atoms with E-state index in [9.17, 15) is 4.79 Å². The monoisotopic (exact) mass is 467 g/mol. The molecule has 0 saturated heterocycles. The second-order valence-corrected chi connectivity index (χ2v) is 11.3. The summed E-state index contributed by atoms with van der Waals surface area (Å²) in [6, 6.07) is 9.95. The molecule has 1 aromatic carbocycles. The lowest BCUT2D eigenvalue weighted by molar-refractivity contribution is -0.00555. The summed E-state index contributed by atoms with van der Waals surface area (Å²) in [7, 11) is 0. The molecule has 8 heteroatoms. The Labute approximate surface area is 196 Å². The van der Waals surface area contributed by atoms with Gasteiger partial charge in [0.25, 0.3) is 5.91 Å². The highest BCUT2D eigenvalue weighted by atomic mass is 35.5. The number of anilines is 1. The van der Waals surface area contributed by atoms with E-state index in [2.05, 4.69) is 20.6 Å². The Hall–Kier alpha value is -2.25. The highest BCUT2D eigenvalue weighted by molar-refractivity contribution is 7.15. The summed E-state index contributed by atoms with van der Waals surface area (Å²) in [6.07, 6.45) is 7.89. The van der Waals surface area contributed by atoms with Crippen LogP contribution < -0.4 is 5.32 Å². The van der Waals surface area contributed by atoms with Crippen molar-refractivity contribution in [1.82, 2.24) is 20.0 Å². The Balaban J connectivity index is 1.21. The number of rotatable bonds is 5. The van der Waals surface area contributed by atoms with Gasteiger partial charge in [0.05, 0.1) is 17.8 Å². The minimum Gasteiger partial charge on any atom is -0.296 e. The molecule has 1 amide bonds. The smallest absolute Gasteiger partial charge is 0.262 e. The van der Waals surface area contributed by atoms with Crippen molar-refractivity contribution >= 4 is 34.0 Å². The van der Waals surface area contributed by atoms with Crippen LogP contribution in [-0.4, -0.2) is 25.9 Å². The maximum atomic E-state index is 13.1. The van der Waals surface area contributed by atoms with Crippen LogP contribution in [0.4, 0.5) is 5.13 Å². The fraction of sp³-hybridized carbons (Fsp3) is 0.500. The molecule has 0 unspecified atom stereocenters. The lowest BCUT2D eigenvalue weighted by atomic mass is 9.50. The molecule has 0 atom stereocenters. The van der Waals surface area contributed by atoms with Gasteiger partial charge in [0.15, 0.2) is 0 Å². The predicted molar refractivity (Wildman–Crippen MR) is 125 cm³/mol. The van der Waals surface area contributed by atoms with Crippen molar-refractivity contribution in [2.24, 2.45) is 17.8 Å². The molecule has 4 saturated carbocycles. The average Bonchev–Trinajstić information content (AvgIpc) is 3.32. The molecule has 4 bridgehead atoms. The molecule has 0 aliphatic heterocycles. The van der Waals surface area contributed by atoms with Gasteiger partial charge in [-0.3, -0.25) is 10.1 Å². The maximum Gasteiger partial charge on any atom is 0.262 e. The molecule has 6 nitrogen and oxygen atoms in total. The third-order valence-electron chi connectivity index (χ3n) is 7.61. The fourth-order valence-corrected chi connectivity index (χ4v) is 7.97. The molecule has 2 heterocycles. The number of carbonyl (C=O) groups excluding carboxylic acids is 1. The second kappa shape index (κ2) is 7.66. The summed E-state index contributed by atoms with van der Waals surface area (Å²) in [6.45, 7) is 2.33. The van der Waals surface area contributed by atoms with Crippen LogP contribution in [-0.2, 0) is 12.0 Å². The highest BCUT2D eigenvalue weighted by Gasteiger charge is 2.53. The van der Waals surface area contributed by atoms with E-state index >= 15 is 0 Å². The number of carbonyl (C=O) groups is 1. The summed E-state index contributed by atoms with van der Waals surface area (Å²) in [5.41, 5.74) is 2.26. The van der Waals surface area contributed by atoms with Gasteiger partial charge in [0.1, 0.15) is 10.2 Å². The van der Waals surface area contributed by atoms with Gasteiger partial charge in [-0.05, 0) is 68.8 Å². The molecule has 0 spiro atoms. The van der Waals surface area contributed by atoms with Crippen LogP contribution in [0.25, 0.3) is 0 Å². The van der Waals surface area contributed by atoms with Crippen LogP contribution in [0, 0.1) is 24.7 Å². The second-order valence-electron chi connectivity index (χ2n) is 9.96. The molecule has 4 aliphatic rings. The number of aryl methyl sites for hydroxylation is 1. The van der Waals surface area contributed by atoms with Gasteiger partial charge in [-0.15, -0.1) is 10.2 Å². The third kappa shape index (κ3) is 3.46. The zero-order valence-corrected chi connectivity index (χ0v) is 19.6. The molecule has 3 aromatic rings. The van der Waals surface area contributed by atoms with Crippen molar-refractivity contribution in [3.05, 3.63) is 57.3 Å². The van der Waals surface area contributed by atoms with E-state index in [1.54, 1.807) is 16.0 Å². The molecule has 166 valence electrons. The Morgan fingerprint density at radius 2 is 1.78 bits per heavy atom. The van der Waals surface area contributed by atoms with Gasteiger partial charge in [-0.2, -0.15) is 5.10 Å². The van der Waals surface area contributed by atoms with E-state index in [-0.39, 0.29) is 11.3 Å². The standard InChI is InChI=1S/C24H26ClN5OS/c1-14-19(20(25)30(29-14)13-15-5-3-2-4-6-15)21(31)26-23-28-27-22(32-23)24-10-16-7-17(11-24)9-18(8-16)12-24/h2-6,16-18H,7-13H2,1H3,(H,26,28,31). The Kier molecular flexibility index (Phi) is 4.88. The van der Waals surface area contributed by atoms with Crippen LogP contribution in [0.3, 0.4) is 0 Å². The molecule has 32 heavy (non-hydrogen) atoms. The number of hydrogen-bond donors (Lipinski definition) is 1. The van der Waals surface area contributed by atoms with E-state index in [4.69, 9.17) is 11.6 Å². The van der Waals surface area contributed by atoms with Gasteiger partial charge in [-0.25, -0.2) is 4.68 Å². The van der Waals surface area contributed by atoms with Gasteiger partial charge in [-0.1, -0.05) is 53.3 Å². The number of nitrogens with zero attached hydrogens (tertiary/aromatic N) is 4. The van der Waals surface area contributed by atoms with Crippen molar-refractivity contribution in [3.63, 3.8) is 0 Å². The summed E-state index contributed by atoms with van der Waals surface area (Å²) in [5, 5.41) is 18.3. The van der Waals surface area contributed by atoms with Crippen LogP contribution in [0.2, 0.25) is 5.15 Å². The predicted octanol–water partition coefficient (Wildman–Crippen LogP) is 5.46. The molecule has 4 aliphatic carbocycles. The lowest BCUT2D eigenvalue weighted by Gasteiger charge is -2.55. The fourth-order valence-electron chi connectivity index (χ4n) is 6.69. The van der Waals surface area contributed by atoms with Crippen molar-refractivity contribution in [1.29, 1.82) is 0 Å². The maximum absolute atomic E-state index is 13.1. The minimum absolute atomic E-state index is 0.184. The van der Waals surface area contributed by atoms with E-state index in [1.165, 1.54) is 38.5 Å². The number of halogens is 1. The molecule has 1 N–H and O–H groups in total. The Morgan fingerprint density at radius 1 is 1.12 bits per heavy atom. The number of amides is 1. The number of benzene rings is 1. The van der Waals surface area contributed by atoms with Crippen molar-refractivity contribution < 1.29 is 4.79 Å². The zero-order chi connectivity index (χ0) is 21.9. The first kappa shape index (κ1) is 20.4. The number of aromatic nitrogens is 4. The first-order valence-corrected chi connectivity index (χ1v) is 12.6. The minimum atomic E-state index is -0.278. The quantitative estimate of drug-likeness (QED) is 0.540.